The molecule has 4 nitrogen and oxygen atoms in total. The summed E-state index contributed by atoms with van der Waals surface area (Å²) in [5.74, 6) is 0.467. The SMILES string of the molecule is CC(=O)c1ccc(S(C)(=O)=O)c(N2CC[C@@H](C)[C@@H]2C)c1. The van der Waals surface area contributed by atoms with E-state index in [9.17, 15) is 13.2 Å². The molecular weight excluding hydrogens is 274 g/mol. The van der Waals surface area contributed by atoms with Crippen LogP contribution in [0.4, 0.5) is 5.69 Å². The molecule has 1 fully saturated rings. The Morgan fingerprint density at radius 1 is 1.30 bits per heavy atom. The van der Waals surface area contributed by atoms with Crippen LogP contribution in [0, 0.1) is 5.92 Å². The molecule has 0 spiro atoms. The van der Waals surface area contributed by atoms with Crippen molar-refractivity contribution in [1.82, 2.24) is 0 Å². The first-order valence-corrected chi connectivity index (χ1v) is 8.72. The fourth-order valence-electron chi connectivity index (χ4n) is 2.71. The van der Waals surface area contributed by atoms with Gasteiger partial charge in [-0.15, -0.1) is 0 Å². The van der Waals surface area contributed by atoms with Gasteiger partial charge in [-0.2, -0.15) is 0 Å². The molecule has 5 heteroatoms. The standard InChI is InChI=1S/C15H21NO3S/c1-10-7-8-16(11(10)2)14-9-13(12(3)17)5-6-15(14)20(4,18)19/h5-6,9-11H,7-8H2,1-4H3/t10-,11+/m1/s1. The Morgan fingerprint density at radius 2 is 1.95 bits per heavy atom. The number of carbonyl (C=O) groups is 1. The van der Waals surface area contributed by atoms with Gasteiger partial charge in [0, 0.05) is 24.4 Å². The van der Waals surface area contributed by atoms with Gasteiger partial charge >= 0.3 is 0 Å². The topological polar surface area (TPSA) is 54.5 Å². The molecule has 0 amide bonds. The molecule has 0 aromatic heterocycles. The maximum atomic E-state index is 12.0. The molecule has 2 rings (SSSR count). The van der Waals surface area contributed by atoms with Crippen LogP contribution < -0.4 is 4.90 Å². The predicted molar refractivity (Wildman–Crippen MR) is 80.1 cm³/mol. The van der Waals surface area contributed by atoms with Gasteiger partial charge in [0.2, 0.25) is 0 Å². The molecule has 1 aromatic carbocycles. The van der Waals surface area contributed by atoms with Crippen LogP contribution in [0.2, 0.25) is 0 Å². The molecule has 0 saturated carbocycles. The molecule has 110 valence electrons. The first-order valence-electron chi connectivity index (χ1n) is 6.83. The molecule has 1 saturated heterocycles. The van der Waals surface area contributed by atoms with E-state index in [1.807, 2.05) is 0 Å². The summed E-state index contributed by atoms with van der Waals surface area (Å²) in [4.78, 5) is 14.0. The van der Waals surface area contributed by atoms with Gasteiger partial charge in [0.05, 0.1) is 10.6 Å². The minimum Gasteiger partial charge on any atom is -0.367 e. The molecule has 0 N–H and O–H groups in total. The molecule has 0 bridgehead atoms. The van der Waals surface area contributed by atoms with Crippen molar-refractivity contribution in [3.63, 3.8) is 0 Å². The van der Waals surface area contributed by atoms with E-state index in [1.54, 1.807) is 18.2 Å². The van der Waals surface area contributed by atoms with Crippen molar-refractivity contribution in [3.8, 4) is 0 Å². The van der Waals surface area contributed by atoms with Gasteiger partial charge in [-0.05, 0) is 44.4 Å². The van der Waals surface area contributed by atoms with Crippen molar-refractivity contribution in [1.29, 1.82) is 0 Å². The molecule has 0 aliphatic carbocycles. The van der Waals surface area contributed by atoms with E-state index in [1.165, 1.54) is 13.2 Å². The lowest BCUT2D eigenvalue weighted by Gasteiger charge is -2.27. The predicted octanol–water partition coefficient (Wildman–Crippen LogP) is 2.53. The van der Waals surface area contributed by atoms with Crippen LogP contribution in [-0.4, -0.2) is 33.0 Å². The van der Waals surface area contributed by atoms with E-state index in [0.29, 0.717) is 22.1 Å². The number of ketones is 1. The summed E-state index contributed by atoms with van der Waals surface area (Å²) in [5.41, 5.74) is 1.22. The first kappa shape index (κ1) is 15.0. The molecule has 20 heavy (non-hydrogen) atoms. The molecule has 0 radical (unpaired) electrons. The van der Waals surface area contributed by atoms with E-state index in [4.69, 9.17) is 0 Å². The molecule has 1 aromatic rings. The smallest absolute Gasteiger partial charge is 0.177 e. The lowest BCUT2D eigenvalue weighted by molar-refractivity contribution is 0.101. The Labute approximate surface area is 120 Å². The van der Waals surface area contributed by atoms with Gasteiger partial charge in [-0.3, -0.25) is 4.79 Å². The van der Waals surface area contributed by atoms with Crippen molar-refractivity contribution < 1.29 is 13.2 Å². The van der Waals surface area contributed by atoms with Crippen molar-refractivity contribution in [2.24, 2.45) is 5.92 Å². The number of nitrogens with zero attached hydrogens (tertiary/aromatic N) is 1. The Balaban J connectivity index is 2.59. The van der Waals surface area contributed by atoms with Crippen molar-refractivity contribution in [3.05, 3.63) is 23.8 Å². The van der Waals surface area contributed by atoms with Crippen LogP contribution in [0.15, 0.2) is 23.1 Å². The van der Waals surface area contributed by atoms with Crippen molar-refractivity contribution in [2.45, 2.75) is 38.1 Å². The van der Waals surface area contributed by atoms with E-state index >= 15 is 0 Å². The highest BCUT2D eigenvalue weighted by molar-refractivity contribution is 7.90. The second-order valence-electron chi connectivity index (χ2n) is 5.71. The number of hydrogen-bond acceptors (Lipinski definition) is 4. The molecule has 1 aliphatic heterocycles. The minimum atomic E-state index is -3.31. The highest BCUT2D eigenvalue weighted by Gasteiger charge is 2.30. The number of carbonyl (C=O) groups excluding carboxylic acids is 1. The number of hydrogen-bond donors (Lipinski definition) is 0. The zero-order chi connectivity index (χ0) is 15.1. The molecule has 1 heterocycles. The third kappa shape index (κ3) is 2.73. The zero-order valence-corrected chi connectivity index (χ0v) is 13.2. The molecular formula is C15H21NO3S. The van der Waals surface area contributed by atoms with E-state index in [0.717, 1.165) is 13.0 Å². The largest absolute Gasteiger partial charge is 0.367 e. The maximum Gasteiger partial charge on any atom is 0.177 e. The summed E-state index contributed by atoms with van der Waals surface area (Å²) in [6.07, 6.45) is 2.25. The quantitative estimate of drug-likeness (QED) is 0.804. The summed E-state index contributed by atoms with van der Waals surface area (Å²) in [6.45, 7) is 6.59. The van der Waals surface area contributed by atoms with Crippen LogP contribution in [-0.2, 0) is 9.84 Å². The summed E-state index contributed by atoms with van der Waals surface area (Å²) in [7, 11) is -3.31. The molecule has 1 aliphatic rings. The number of sulfone groups is 1. The maximum absolute atomic E-state index is 12.0. The Morgan fingerprint density at radius 3 is 2.40 bits per heavy atom. The lowest BCUT2D eigenvalue weighted by atomic mass is 10.0. The van der Waals surface area contributed by atoms with Crippen LogP contribution in [0.1, 0.15) is 37.6 Å². The van der Waals surface area contributed by atoms with Crippen LogP contribution in [0.25, 0.3) is 0 Å². The highest BCUT2D eigenvalue weighted by atomic mass is 32.2. The second kappa shape index (κ2) is 5.20. The fourth-order valence-corrected chi connectivity index (χ4v) is 3.58. The van der Waals surface area contributed by atoms with Crippen LogP contribution >= 0.6 is 0 Å². The fraction of sp³-hybridized carbons (Fsp3) is 0.533. The minimum absolute atomic E-state index is 0.0498. The van der Waals surface area contributed by atoms with Gasteiger partial charge in [-0.1, -0.05) is 6.92 Å². The molecule has 2 atom stereocenters. The van der Waals surface area contributed by atoms with Gasteiger partial charge < -0.3 is 4.90 Å². The average Bonchev–Trinajstić information content (AvgIpc) is 2.68. The van der Waals surface area contributed by atoms with E-state index < -0.39 is 9.84 Å². The Bertz CT molecular complexity index is 637. The summed E-state index contributed by atoms with van der Waals surface area (Å²) in [6, 6.07) is 5.13. The Kier molecular flexibility index (Phi) is 3.91. The zero-order valence-electron chi connectivity index (χ0n) is 12.4. The normalized spacial score (nSPS) is 23.1. The van der Waals surface area contributed by atoms with Gasteiger partial charge in [0.25, 0.3) is 0 Å². The van der Waals surface area contributed by atoms with Crippen molar-refractivity contribution >= 4 is 21.3 Å². The van der Waals surface area contributed by atoms with Gasteiger partial charge in [0.1, 0.15) is 0 Å². The van der Waals surface area contributed by atoms with Crippen LogP contribution in [0.5, 0.6) is 0 Å². The summed E-state index contributed by atoms with van der Waals surface area (Å²) >= 11 is 0. The second-order valence-corrected chi connectivity index (χ2v) is 7.69. The number of Topliss-reactive ketones (excluding diaryl/α,β-unsaturated/α-hetero) is 1. The highest BCUT2D eigenvalue weighted by Crippen LogP contribution is 2.34. The third-order valence-corrected chi connectivity index (χ3v) is 5.36. The average molecular weight is 295 g/mol. The van der Waals surface area contributed by atoms with Gasteiger partial charge in [0.15, 0.2) is 15.6 Å². The number of rotatable bonds is 3. The van der Waals surface area contributed by atoms with E-state index in [2.05, 4.69) is 18.7 Å². The summed E-state index contributed by atoms with van der Waals surface area (Å²) in [5, 5.41) is 0. The number of benzene rings is 1. The van der Waals surface area contributed by atoms with Crippen LogP contribution in [0.3, 0.4) is 0 Å². The van der Waals surface area contributed by atoms with Crippen molar-refractivity contribution in [2.75, 3.05) is 17.7 Å². The molecule has 0 unspecified atom stereocenters. The number of anilines is 1. The van der Waals surface area contributed by atoms with E-state index in [-0.39, 0.29) is 11.8 Å². The third-order valence-electron chi connectivity index (χ3n) is 4.21. The van der Waals surface area contributed by atoms with Gasteiger partial charge in [-0.25, -0.2) is 8.42 Å². The Hall–Kier alpha value is -1.36. The lowest BCUT2D eigenvalue weighted by Crippen LogP contribution is -2.30. The summed E-state index contributed by atoms with van der Waals surface area (Å²) < 4.78 is 23.9. The first-order chi connectivity index (χ1) is 9.21. The monoisotopic (exact) mass is 295 g/mol.